The Morgan fingerprint density at radius 1 is 1.03 bits per heavy atom. The SMILES string of the molecule is CCCc1nn(C)c2c(NCC(C)C)nc(-c3cc(OC)c(OC)c(OC)c3)nc12. The average molecular weight is 414 g/mol. The van der Waals surface area contributed by atoms with E-state index < -0.39 is 0 Å². The summed E-state index contributed by atoms with van der Waals surface area (Å²) in [5.74, 6) is 3.49. The predicted molar refractivity (Wildman–Crippen MR) is 119 cm³/mol. The topological polar surface area (TPSA) is 83.3 Å². The lowest BCUT2D eigenvalue weighted by atomic mass is 10.1. The molecule has 8 heteroatoms. The molecule has 1 aromatic carbocycles. The third kappa shape index (κ3) is 4.13. The van der Waals surface area contributed by atoms with Crippen molar-refractivity contribution in [3.8, 4) is 28.6 Å². The lowest BCUT2D eigenvalue weighted by molar-refractivity contribution is 0.324. The van der Waals surface area contributed by atoms with E-state index in [1.165, 1.54) is 0 Å². The standard InChI is InChI=1S/C22H31N5O3/c1-8-9-15-18-19(27(4)26-15)22(23-12-13(2)3)25-21(24-18)14-10-16(28-5)20(30-7)17(11-14)29-6/h10-11,13H,8-9,12H2,1-7H3,(H,23,24,25). The second kappa shape index (κ2) is 9.19. The number of hydrogen-bond acceptors (Lipinski definition) is 7. The molecule has 30 heavy (non-hydrogen) atoms. The van der Waals surface area contributed by atoms with Gasteiger partial charge in [-0.1, -0.05) is 27.2 Å². The Morgan fingerprint density at radius 2 is 1.70 bits per heavy atom. The number of fused-ring (bicyclic) bond motifs is 1. The molecule has 0 aliphatic heterocycles. The molecule has 0 amide bonds. The van der Waals surface area contributed by atoms with Crippen LogP contribution in [0, 0.1) is 5.92 Å². The summed E-state index contributed by atoms with van der Waals surface area (Å²) >= 11 is 0. The fourth-order valence-electron chi connectivity index (χ4n) is 3.41. The molecule has 0 saturated heterocycles. The number of nitrogens with one attached hydrogen (secondary N) is 1. The van der Waals surface area contributed by atoms with Crippen LogP contribution in [-0.4, -0.2) is 47.6 Å². The zero-order valence-electron chi connectivity index (χ0n) is 18.9. The number of rotatable bonds is 9. The van der Waals surface area contributed by atoms with Crippen molar-refractivity contribution in [1.82, 2.24) is 19.7 Å². The van der Waals surface area contributed by atoms with E-state index in [0.29, 0.717) is 29.0 Å². The summed E-state index contributed by atoms with van der Waals surface area (Å²) in [4.78, 5) is 9.74. The average Bonchev–Trinajstić information content (AvgIpc) is 3.06. The molecule has 162 valence electrons. The van der Waals surface area contributed by atoms with Gasteiger partial charge in [-0.25, -0.2) is 9.97 Å². The summed E-state index contributed by atoms with van der Waals surface area (Å²) in [5.41, 5.74) is 3.53. The van der Waals surface area contributed by atoms with Crippen LogP contribution in [0.3, 0.4) is 0 Å². The summed E-state index contributed by atoms with van der Waals surface area (Å²) in [7, 11) is 6.72. The molecule has 0 aliphatic carbocycles. The second-order valence-electron chi connectivity index (χ2n) is 7.60. The minimum Gasteiger partial charge on any atom is -0.493 e. The normalized spacial score (nSPS) is 11.2. The Hall–Kier alpha value is -3.03. The molecule has 0 radical (unpaired) electrons. The highest BCUT2D eigenvalue weighted by atomic mass is 16.5. The maximum atomic E-state index is 5.51. The molecular formula is C22H31N5O3. The van der Waals surface area contributed by atoms with Crippen molar-refractivity contribution < 1.29 is 14.2 Å². The lowest BCUT2D eigenvalue weighted by Gasteiger charge is -2.15. The van der Waals surface area contributed by atoms with Crippen molar-refractivity contribution in [3.05, 3.63) is 17.8 Å². The van der Waals surface area contributed by atoms with Crippen LogP contribution < -0.4 is 19.5 Å². The molecule has 3 aromatic rings. The van der Waals surface area contributed by atoms with Gasteiger partial charge in [0.25, 0.3) is 0 Å². The van der Waals surface area contributed by atoms with E-state index in [9.17, 15) is 0 Å². The van der Waals surface area contributed by atoms with Gasteiger partial charge in [0.15, 0.2) is 23.1 Å². The maximum absolute atomic E-state index is 5.51. The summed E-state index contributed by atoms with van der Waals surface area (Å²) in [6.45, 7) is 7.27. The van der Waals surface area contributed by atoms with Crippen molar-refractivity contribution in [1.29, 1.82) is 0 Å². The summed E-state index contributed by atoms with van der Waals surface area (Å²) in [6.07, 6.45) is 1.84. The largest absolute Gasteiger partial charge is 0.493 e. The zero-order chi connectivity index (χ0) is 21.8. The Balaban J connectivity index is 2.24. The Kier molecular flexibility index (Phi) is 6.64. The number of aromatic nitrogens is 4. The van der Waals surface area contributed by atoms with Crippen LogP contribution in [0.1, 0.15) is 32.9 Å². The number of benzene rings is 1. The number of anilines is 1. The van der Waals surface area contributed by atoms with Crippen LogP contribution in [0.5, 0.6) is 17.2 Å². The summed E-state index contributed by atoms with van der Waals surface area (Å²) < 4.78 is 18.3. The number of ether oxygens (including phenoxy) is 3. The van der Waals surface area contributed by atoms with E-state index in [2.05, 4.69) is 26.1 Å². The maximum Gasteiger partial charge on any atom is 0.203 e. The molecule has 0 unspecified atom stereocenters. The van der Waals surface area contributed by atoms with Crippen LogP contribution in [0.15, 0.2) is 12.1 Å². The fourth-order valence-corrected chi connectivity index (χ4v) is 3.41. The second-order valence-corrected chi connectivity index (χ2v) is 7.60. The van der Waals surface area contributed by atoms with Crippen LogP contribution in [0.4, 0.5) is 5.82 Å². The molecule has 0 bridgehead atoms. The van der Waals surface area contributed by atoms with Crippen molar-refractivity contribution >= 4 is 16.9 Å². The highest BCUT2D eigenvalue weighted by Crippen LogP contribution is 2.41. The molecule has 0 saturated carbocycles. The smallest absolute Gasteiger partial charge is 0.203 e. The highest BCUT2D eigenvalue weighted by molar-refractivity contribution is 5.89. The van der Waals surface area contributed by atoms with Gasteiger partial charge in [0.05, 0.1) is 27.0 Å². The third-order valence-corrected chi connectivity index (χ3v) is 4.84. The van der Waals surface area contributed by atoms with Crippen molar-refractivity contribution in [2.75, 3.05) is 33.2 Å². The van der Waals surface area contributed by atoms with Gasteiger partial charge in [0.2, 0.25) is 5.75 Å². The number of methoxy groups -OCH3 is 3. The number of aryl methyl sites for hydroxylation is 2. The van der Waals surface area contributed by atoms with Crippen LogP contribution in [0.2, 0.25) is 0 Å². The minimum atomic E-state index is 0.475. The van der Waals surface area contributed by atoms with E-state index >= 15 is 0 Å². The molecule has 3 rings (SSSR count). The van der Waals surface area contributed by atoms with Gasteiger partial charge >= 0.3 is 0 Å². The molecule has 2 heterocycles. The molecule has 2 aromatic heterocycles. The molecular weight excluding hydrogens is 382 g/mol. The zero-order valence-corrected chi connectivity index (χ0v) is 18.9. The van der Waals surface area contributed by atoms with Crippen molar-refractivity contribution in [2.24, 2.45) is 13.0 Å². The van der Waals surface area contributed by atoms with Gasteiger partial charge in [-0.05, 0) is 24.5 Å². The Bertz CT molecular complexity index is 1000. The first-order chi connectivity index (χ1) is 14.4. The number of hydrogen-bond donors (Lipinski definition) is 1. The first kappa shape index (κ1) is 21.7. The predicted octanol–water partition coefficient (Wildman–Crippen LogP) is 4.08. The summed E-state index contributed by atoms with van der Waals surface area (Å²) in [6, 6.07) is 3.73. The Morgan fingerprint density at radius 3 is 2.23 bits per heavy atom. The van der Waals surface area contributed by atoms with Crippen LogP contribution in [0.25, 0.3) is 22.4 Å². The molecule has 0 spiro atoms. The van der Waals surface area contributed by atoms with E-state index in [1.54, 1.807) is 21.3 Å². The van der Waals surface area contributed by atoms with E-state index in [1.807, 2.05) is 23.9 Å². The van der Waals surface area contributed by atoms with Gasteiger partial charge in [-0.3, -0.25) is 4.68 Å². The third-order valence-electron chi connectivity index (χ3n) is 4.84. The number of nitrogens with zero attached hydrogens (tertiary/aromatic N) is 4. The van der Waals surface area contributed by atoms with E-state index in [-0.39, 0.29) is 0 Å². The first-order valence-corrected chi connectivity index (χ1v) is 10.2. The first-order valence-electron chi connectivity index (χ1n) is 10.2. The quantitative estimate of drug-likeness (QED) is 0.566. The van der Waals surface area contributed by atoms with Gasteiger partial charge in [-0.15, -0.1) is 0 Å². The molecule has 1 N–H and O–H groups in total. The molecule has 8 nitrogen and oxygen atoms in total. The highest BCUT2D eigenvalue weighted by Gasteiger charge is 2.20. The van der Waals surface area contributed by atoms with Gasteiger partial charge < -0.3 is 19.5 Å². The lowest BCUT2D eigenvalue weighted by Crippen LogP contribution is -2.11. The summed E-state index contributed by atoms with van der Waals surface area (Å²) in [5, 5.41) is 8.18. The molecule has 0 atom stereocenters. The van der Waals surface area contributed by atoms with Crippen LogP contribution >= 0.6 is 0 Å². The van der Waals surface area contributed by atoms with E-state index in [0.717, 1.165) is 47.5 Å². The van der Waals surface area contributed by atoms with Crippen molar-refractivity contribution in [3.63, 3.8) is 0 Å². The monoisotopic (exact) mass is 413 g/mol. The molecule has 0 aliphatic rings. The fraction of sp³-hybridized carbons (Fsp3) is 0.500. The molecule has 0 fully saturated rings. The van der Waals surface area contributed by atoms with Crippen molar-refractivity contribution in [2.45, 2.75) is 33.6 Å². The van der Waals surface area contributed by atoms with Crippen LogP contribution in [-0.2, 0) is 13.5 Å². The van der Waals surface area contributed by atoms with Gasteiger partial charge in [0, 0.05) is 19.2 Å². The minimum absolute atomic E-state index is 0.475. The van der Waals surface area contributed by atoms with Gasteiger partial charge in [0.1, 0.15) is 11.0 Å². The van der Waals surface area contributed by atoms with Gasteiger partial charge in [-0.2, -0.15) is 5.10 Å². The Labute approximate surface area is 177 Å². The van der Waals surface area contributed by atoms with E-state index in [4.69, 9.17) is 29.3 Å².